The van der Waals surface area contributed by atoms with Crippen molar-refractivity contribution in [3.05, 3.63) is 96.2 Å². The molecule has 0 fully saturated rings. The van der Waals surface area contributed by atoms with Crippen LogP contribution in [0.4, 0.5) is 0 Å². The van der Waals surface area contributed by atoms with Crippen LogP contribution >= 0.6 is 0 Å². The van der Waals surface area contributed by atoms with Gasteiger partial charge in [0.2, 0.25) is 5.78 Å². The first-order valence-corrected chi connectivity index (χ1v) is 10.6. The Bertz CT molecular complexity index is 1340. The lowest BCUT2D eigenvalue weighted by Gasteiger charge is -2.10. The molecule has 0 amide bonds. The zero-order valence-corrected chi connectivity index (χ0v) is 16.6. The molecule has 30 heavy (non-hydrogen) atoms. The molecule has 4 aromatic rings. The molecule has 0 unspecified atom stereocenters. The fraction of sp³-hybridized carbons (Fsp3) is 0.0435. The summed E-state index contributed by atoms with van der Waals surface area (Å²) < 4.78 is 33.2. The molecule has 0 aliphatic heterocycles. The highest BCUT2D eigenvalue weighted by atomic mass is 32.2. The van der Waals surface area contributed by atoms with Crippen molar-refractivity contribution in [2.45, 2.75) is 11.5 Å². The van der Waals surface area contributed by atoms with E-state index in [1.54, 1.807) is 24.3 Å². The number of aldehydes is 1. The van der Waals surface area contributed by atoms with Crippen molar-refractivity contribution < 1.29 is 22.7 Å². The standard InChI is InChI=1S/C23H17NO5S/c25-15-23(26)19-7-4-8-21(14-19)30(27,28)24-12-11-18-13-20(9-10-22(18)24)29-16-17-5-2-1-3-6-17/h1-15H,16H2. The Kier molecular flexibility index (Phi) is 5.20. The van der Waals surface area contributed by atoms with E-state index in [2.05, 4.69) is 0 Å². The van der Waals surface area contributed by atoms with Gasteiger partial charge in [0.15, 0.2) is 6.29 Å². The Morgan fingerprint density at radius 3 is 2.50 bits per heavy atom. The average Bonchev–Trinajstić information content (AvgIpc) is 3.22. The van der Waals surface area contributed by atoms with Gasteiger partial charge in [-0.25, -0.2) is 12.4 Å². The van der Waals surface area contributed by atoms with Gasteiger partial charge in [-0.2, -0.15) is 0 Å². The number of nitrogens with zero attached hydrogens (tertiary/aromatic N) is 1. The number of Topliss-reactive ketones (excluding diaryl/α,β-unsaturated/α-hetero) is 1. The van der Waals surface area contributed by atoms with Crippen molar-refractivity contribution >= 4 is 33.0 Å². The number of benzene rings is 3. The van der Waals surface area contributed by atoms with E-state index in [1.165, 1.54) is 30.5 Å². The molecule has 0 spiro atoms. The van der Waals surface area contributed by atoms with Crippen molar-refractivity contribution in [1.29, 1.82) is 0 Å². The fourth-order valence-electron chi connectivity index (χ4n) is 3.13. The van der Waals surface area contributed by atoms with E-state index < -0.39 is 15.8 Å². The van der Waals surface area contributed by atoms with Crippen LogP contribution in [0.15, 0.2) is 90.0 Å². The van der Waals surface area contributed by atoms with Crippen LogP contribution in [-0.4, -0.2) is 24.5 Å². The molecule has 0 aliphatic rings. The molecule has 0 bridgehead atoms. The lowest BCUT2D eigenvalue weighted by atomic mass is 10.1. The Hall–Kier alpha value is -3.71. The van der Waals surface area contributed by atoms with Crippen LogP contribution < -0.4 is 4.74 Å². The predicted molar refractivity (Wildman–Crippen MR) is 112 cm³/mol. The normalized spacial score (nSPS) is 11.3. The summed E-state index contributed by atoms with van der Waals surface area (Å²) in [6.07, 6.45) is 1.61. The number of carbonyl (C=O) groups excluding carboxylic acids is 2. The summed E-state index contributed by atoms with van der Waals surface area (Å²) in [5.41, 5.74) is 1.54. The smallest absolute Gasteiger partial charge is 0.268 e. The second kappa shape index (κ2) is 7.96. The van der Waals surface area contributed by atoms with Crippen LogP contribution in [0.5, 0.6) is 5.75 Å². The summed E-state index contributed by atoms with van der Waals surface area (Å²) in [5.74, 6) is -0.148. The maximum Gasteiger partial charge on any atom is 0.268 e. The van der Waals surface area contributed by atoms with Gasteiger partial charge in [0, 0.05) is 17.1 Å². The van der Waals surface area contributed by atoms with Crippen LogP contribution in [0.25, 0.3) is 10.9 Å². The van der Waals surface area contributed by atoms with Crippen LogP contribution in [0.2, 0.25) is 0 Å². The number of ether oxygens (including phenoxy) is 1. The van der Waals surface area contributed by atoms with Gasteiger partial charge in [0.1, 0.15) is 12.4 Å². The lowest BCUT2D eigenvalue weighted by Crippen LogP contribution is -2.13. The number of hydrogen-bond donors (Lipinski definition) is 0. The number of ketones is 1. The topological polar surface area (TPSA) is 82.4 Å². The molecule has 0 saturated heterocycles. The van der Waals surface area contributed by atoms with Crippen molar-refractivity contribution in [2.24, 2.45) is 0 Å². The summed E-state index contributed by atoms with van der Waals surface area (Å²) in [6, 6.07) is 22.0. The van der Waals surface area contributed by atoms with Crippen LogP contribution in [0.3, 0.4) is 0 Å². The molecule has 0 aliphatic carbocycles. The zero-order chi connectivity index (χ0) is 21.1. The first kappa shape index (κ1) is 19.6. The molecule has 1 aromatic heterocycles. The highest BCUT2D eigenvalue weighted by Gasteiger charge is 2.20. The van der Waals surface area contributed by atoms with E-state index in [9.17, 15) is 18.0 Å². The highest BCUT2D eigenvalue weighted by Crippen LogP contribution is 2.26. The summed E-state index contributed by atoms with van der Waals surface area (Å²) in [4.78, 5) is 22.3. The molecular formula is C23H17NO5S. The number of hydrogen-bond acceptors (Lipinski definition) is 5. The van der Waals surface area contributed by atoms with E-state index in [4.69, 9.17) is 4.74 Å². The van der Waals surface area contributed by atoms with Gasteiger partial charge in [0.25, 0.3) is 10.0 Å². The van der Waals surface area contributed by atoms with Gasteiger partial charge in [-0.1, -0.05) is 42.5 Å². The molecule has 150 valence electrons. The van der Waals surface area contributed by atoms with E-state index in [0.717, 1.165) is 9.54 Å². The van der Waals surface area contributed by atoms with Crippen LogP contribution in [0, 0.1) is 0 Å². The molecular weight excluding hydrogens is 402 g/mol. The molecule has 0 radical (unpaired) electrons. The number of aromatic nitrogens is 1. The average molecular weight is 419 g/mol. The lowest BCUT2D eigenvalue weighted by molar-refractivity contribution is -0.104. The second-order valence-electron chi connectivity index (χ2n) is 6.62. The summed E-state index contributed by atoms with van der Waals surface area (Å²) in [5, 5.41) is 0.698. The predicted octanol–water partition coefficient (Wildman–Crippen LogP) is 3.84. The quantitative estimate of drug-likeness (QED) is 0.258. The Balaban J connectivity index is 1.65. The van der Waals surface area contributed by atoms with E-state index in [-0.39, 0.29) is 16.7 Å². The molecule has 0 N–H and O–H groups in total. The molecule has 4 rings (SSSR count). The van der Waals surface area contributed by atoms with Gasteiger partial charge >= 0.3 is 0 Å². The number of rotatable bonds is 7. The maximum absolute atomic E-state index is 13.1. The summed E-state index contributed by atoms with van der Waals surface area (Å²) >= 11 is 0. The largest absolute Gasteiger partial charge is 0.489 e. The highest BCUT2D eigenvalue weighted by molar-refractivity contribution is 7.90. The minimum atomic E-state index is -3.95. The molecule has 7 heteroatoms. The number of carbonyl (C=O) groups is 2. The van der Waals surface area contributed by atoms with E-state index in [0.29, 0.717) is 23.3 Å². The van der Waals surface area contributed by atoms with Crippen LogP contribution in [-0.2, 0) is 21.4 Å². The molecule has 3 aromatic carbocycles. The zero-order valence-electron chi connectivity index (χ0n) is 15.8. The fourth-order valence-corrected chi connectivity index (χ4v) is 4.53. The van der Waals surface area contributed by atoms with Crippen molar-refractivity contribution in [2.75, 3.05) is 0 Å². The van der Waals surface area contributed by atoms with Crippen molar-refractivity contribution in [3.63, 3.8) is 0 Å². The Labute approximate surface area is 173 Å². The molecule has 0 atom stereocenters. The van der Waals surface area contributed by atoms with Gasteiger partial charge in [-0.3, -0.25) is 9.59 Å². The molecule has 1 heterocycles. The van der Waals surface area contributed by atoms with E-state index >= 15 is 0 Å². The molecule has 6 nitrogen and oxygen atoms in total. The molecule has 0 saturated carbocycles. The first-order valence-electron chi connectivity index (χ1n) is 9.12. The van der Waals surface area contributed by atoms with Gasteiger partial charge in [-0.05, 0) is 42.0 Å². The minimum absolute atomic E-state index is 0.0270. The third-order valence-corrected chi connectivity index (χ3v) is 6.34. The second-order valence-corrected chi connectivity index (χ2v) is 8.44. The first-order chi connectivity index (χ1) is 14.5. The monoisotopic (exact) mass is 419 g/mol. The van der Waals surface area contributed by atoms with Gasteiger partial charge < -0.3 is 4.74 Å². The van der Waals surface area contributed by atoms with Crippen molar-refractivity contribution in [1.82, 2.24) is 3.97 Å². The third kappa shape index (κ3) is 3.75. The van der Waals surface area contributed by atoms with E-state index in [1.807, 2.05) is 30.3 Å². The SMILES string of the molecule is O=CC(=O)c1cccc(S(=O)(=O)n2ccc3cc(OCc4ccccc4)ccc32)c1. The summed E-state index contributed by atoms with van der Waals surface area (Å²) in [6.45, 7) is 0.406. The van der Waals surface area contributed by atoms with Crippen molar-refractivity contribution in [3.8, 4) is 5.75 Å². The Morgan fingerprint density at radius 1 is 0.933 bits per heavy atom. The summed E-state index contributed by atoms with van der Waals surface area (Å²) in [7, 11) is -3.95. The van der Waals surface area contributed by atoms with Gasteiger partial charge in [-0.15, -0.1) is 0 Å². The third-order valence-electron chi connectivity index (χ3n) is 4.66. The van der Waals surface area contributed by atoms with Gasteiger partial charge in [0.05, 0.1) is 10.4 Å². The maximum atomic E-state index is 13.1. The minimum Gasteiger partial charge on any atom is -0.489 e. The number of fused-ring (bicyclic) bond motifs is 1. The van der Waals surface area contributed by atoms with Crippen LogP contribution in [0.1, 0.15) is 15.9 Å². The Morgan fingerprint density at radius 2 is 1.73 bits per heavy atom.